The molecule has 6 heteroatoms. The fourth-order valence-corrected chi connectivity index (χ4v) is 4.84. The van der Waals surface area contributed by atoms with Crippen molar-refractivity contribution in [3.63, 3.8) is 0 Å². The van der Waals surface area contributed by atoms with Gasteiger partial charge >= 0.3 is 0 Å². The maximum Gasteiger partial charge on any atom is 0.291 e. The van der Waals surface area contributed by atoms with E-state index in [0.29, 0.717) is 5.69 Å². The number of benzene rings is 4. The summed E-state index contributed by atoms with van der Waals surface area (Å²) in [5, 5.41) is 7.61. The van der Waals surface area contributed by atoms with Gasteiger partial charge < -0.3 is 15.1 Å². The summed E-state index contributed by atoms with van der Waals surface area (Å²) < 4.78 is 5.16. The summed E-state index contributed by atoms with van der Waals surface area (Å²) in [7, 11) is 0. The molecule has 0 radical (unpaired) electrons. The first-order chi connectivity index (χ1) is 17.2. The summed E-state index contributed by atoms with van der Waals surface area (Å²) in [6.07, 6.45) is 1.46. The van der Waals surface area contributed by atoms with Crippen LogP contribution < -0.4 is 10.6 Å². The van der Waals surface area contributed by atoms with Crippen LogP contribution in [0.15, 0.2) is 125 Å². The third-order valence-corrected chi connectivity index (χ3v) is 6.70. The number of carbonyl (C=O) groups is 2. The molecule has 5 rings (SSSR count). The average Bonchev–Trinajstić information content (AvgIpc) is 3.43. The number of amides is 2. The standard InChI is InChI=1S/C29H22N2O3S/c32-28(26-14-7-17-34-26)30-23-12-6-13-25(19-23)35-27(21-9-2-1-3-10-21)29(33)31-24-16-15-20-8-4-5-11-22(20)18-24/h1-19,27H,(H,30,32)(H,31,33). The van der Waals surface area contributed by atoms with E-state index >= 15 is 0 Å². The quantitative estimate of drug-likeness (QED) is 0.244. The summed E-state index contributed by atoms with van der Waals surface area (Å²) in [5.41, 5.74) is 2.26. The molecule has 4 aromatic carbocycles. The van der Waals surface area contributed by atoms with E-state index in [1.54, 1.807) is 18.2 Å². The number of anilines is 2. The predicted octanol–water partition coefficient (Wildman–Crippen LogP) is 7.16. The Labute approximate surface area is 207 Å². The van der Waals surface area contributed by atoms with Gasteiger partial charge in [-0.1, -0.05) is 66.7 Å². The third kappa shape index (κ3) is 5.45. The van der Waals surface area contributed by atoms with Crippen molar-refractivity contribution in [2.75, 3.05) is 10.6 Å². The third-order valence-electron chi connectivity index (χ3n) is 5.45. The Morgan fingerprint density at radius 3 is 2.26 bits per heavy atom. The highest BCUT2D eigenvalue weighted by molar-refractivity contribution is 8.00. The van der Waals surface area contributed by atoms with E-state index in [1.165, 1.54) is 18.0 Å². The highest BCUT2D eigenvalue weighted by Gasteiger charge is 2.22. The lowest BCUT2D eigenvalue weighted by Gasteiger charge is -2.18. The van der Waals surface area contributed by atoms with Crippen LogP contribution in [0, 0.1) is 0 Å². The number of rotatable bonds is 7. The van der Waals surface area contributed by atoms with Crippen molar-refractivity contribution < 1.29 is 14.0 Å². The van der Waals surface area contributed by atoms with Crippen molar-refractivity contribution >= 4 is 45.7 Å². The summed E-state index contributed by atoms with van der Waals surface area (Å²) in [6, 6.07) is 34.3. The van der Waals surface area contributed by atoms with Crippen LogP contribution in [0.5, 0.6) is 0 Å². The van der Waals surface area contributed by atoms with Crippen LogP contribution in [0.4, 0.5) is 11.4 Å². The molecule has 1 heterocycles. The molecule has 35 heavy (non-hydrogen) atoms. The molecular weight excluding hydrogens is 456 g/mol. The number of carbonyl (C=O) groups excluding carboxylic acids is 2. The molecule has 5 nitrogen and oxygen atoms in total. The van der Waals surface area contributed by atoms with Gasteiger partial charge in [0.05, 0.1) is 6.26 Å². The molecule has 0 saturated carbocycles. The Balaban J connectivity index is 1.37. The molecule has 5 aromatic rings. The van der Waals surface area contributed by atoms with Crippen LogP contribution in [-0.4, -0.2) is 11.8 Å². The zero-order valence-electron chi connectivity index (χ0n) is 18.7. The van der Waals surface area contributed by atoms with Crippen molar-refractivity contribution in [1.29, 1.82) is 0 Å². The van der Waals surface area contributed by atoms with Gasteiger partial charge in [-0.3, -0.25) is 9.59 Å². The molecule has 172 valence electrons. The number of fused-ring (bicyclic) bond motifs is 1. The Morgan fingerprint density at radius 2 is 1.46 bits per heavy atom. The molecule has 1 atom stereocenters. The topological polar surface area (TPSA) is 71.3 Å². The van der Waals surface area contributed by atoms with Gasteiger partial charge in [-0.25, -0.2) is 0 Å². The van der Waals surface area contributed by atoms with E-state index in [4.69, 9.17) is 4.42 Å². The molecule has 1 unspecified atom stereocenters. The van der Waals surface area contributed by atoms with Crippen LogP contribution in [0.2, 0.25) is 0 Å². The van der Waals surface area contributed by atoms with Crippen LogP contribution in [-0.2, 0) is 4.79 Å². The SMILES string of the molecule is O=C(Nc1cccc(SC(C(=O)Nc2ccc3ccccc3c2)c2ccccc2)c1)c1ccco1. The van der Waals surface area contributed by atoms with Gasteiger partial charge in [-0.15, -0.1) is 11.8 Å². The zero-order chi connectivity index (χ0) is 24.0. The molecule has 0 aliphatic heterocycles. The first-order valence-electron chi connectivity index (χ1n) is 11.1. The Morgan fingerprint density at radius 1 is 0.686 bits per heavy atom. The summed E-state index contributed by atoms with van der Waals surface area (Å²) in [6.45, 7) is 0. The summed E-state index contributed by atoms with van der Waals surface area (Å²) in [4.78, 5) is 26.7. The molecule has 0 aliphatic carbocycles. The Hall–Kier alpha value is -4.29. The van der Waals surface area contributed by atoms with Gasteiger partial charge in [-0.05, 0) is 58.8 Å². The van der Waals surface area contributed by atoms with Gasteiger partial charge in [0, 0.05) is 16.3 Å². The number of hydrogen-bond donors (Lipinski definition) is 2. The molecule has 0 saturated heterocycles. The van der Waals surface area contributed by atoms with Crippen molar-refractivity contribution in [3.8, 4) is 0 Å². The molecule has 2 N–H and O–H groups in total. The Kier molecular flexibility index (Phi) is 6.63. The molecule has 1 aromatic heterocycles. The fraction of sp³-hybridized carbons (Fsp3) is 0.0345. The molecule has 0 fully saturated rings. The van der Waals surface area contributed by atoms with Gasteiger partial charge in [0.15, 0.2) is 5.76 Å². The maximum atomic E-state index is 13.5. The second-order valence-electron chi connectivity index (χ2n) is 7.92. The minimum absolute atomic E-state index is 0.124. The summed E-state index contributed by atoms with van der Waals surface area (Å²) in [5.74, 6) is -0.215. The van der Waals surface area contributed by atoms with Gasteiger partial charge in [0.1, 0.15) is 5.25 Å². The zero-order valence-corrected chi connectivity index (χ0v) is 19.5. The predicted molar refractivity (Wildman–Crippen MR) is 141 cm³/mol. The van der Waals surface area contributed by atoms with E-state index < -0.39 is 5.25 Å². The van der Waals surface area contributed by atoms with E-state index in [2.05, 4.69) is 10.6 Å². The van der Waals surface area contributed by atoms with Crippen molar-refractivity contribution in [3.05, 3.63) is 127 Å². The number of nitrogens with one attached hydrogen (secondary N) is 2. The minimum atomic E-state index is -0.487. The van der Waals surface area contributed by atoms with Crippen LogP contribution in [0.1, 0.15) is 21.4 Å². The molecular formula is C29H22N2O3S. The highest BCUT2D eigenvalue weighted by atomic mass is 32.2. The van der Waals surface area contributed by atoms with Crippen LogP contribution in [0.3, 0.4) is 0 Å². The molecule has 0 spiro atoms. The van der Waals surface area contributed by atoms with Gasteiger partial charge in [-0.2, -0.15) is 0 Å². The molecule has 0 aliphatic rings. The second-order valence-corrected chi connectivity index (χ2v) is 9.10. The monoisotopic (exact) mass is 478 g/mol. The second kappa shape index (κ2) is 10.3. The van der Waals surface area contributed by atoms with Crippen molar-refractivity contribution in [1.82, 2.24) is 0 Å². The van der Waals surface area contributed by atoms with E-state index in [0.717, 1.165) is 26.9 Å². The first kappa shape index (κ1) is 22.5. The lowest BCUT2D eigenvalue weighted by atomic mass is 10.1. The normalized spacial score (nSPS) is 11.7. The van der Waals surface area contributed by atoms with E-state index in [1.807, 2.05) is 91.0 Å². The lowest BCUT2D eigenvalue weighted by Crippen LogP contribution is -2.19. The van der Waals surface area contributed by atoms with Crippen LogP contribution >= 0.6 is 11.8 Å². The van der Waals surface area contributed by atoms with Crippen molar-refractivity contribution in [2.24, 2.45) is 0 Å². The molecule has 0 bridgehead atoms. The fourth-order valence-electron chi connectivity index (χ4n) is 3.76. The van der Waals surface area contributed by atoms with Crippen LogP contribution in [0.25, 0.3) is 10.8 Å². The highest BCUT2D eigenvalue weighted by Crippen LogP contribution is 2.37. The minimum Gasteiger partial charge on any atom is -0.459 e. The lowest BCUT2D eigenvalue weighted by molar-refractivity contribution is -0.115. The summed E-state index contributed by atoms with van der Waals surface area (Å²) >= 11 is 1.42. The van der Waals surface area contributed by atoms with Gasteiger partial charge in [0.25, 0.3) is 5.91 Å². The number of hydrogen-bond acceptors (Lipinski definition) is 4. The first-order valence-corrected chi connectivity index (χ1v) is 12.0. The van der Waals surface area contributed by atoms with Crippen molar-refractivity contribution in [2.45, 2.75) is 10.1 Å². The maximum absolute atomic E-state index is 13.5. The number of thioether (sulfide) groups is 1. The average molecular weight is 479 g/mol. The smallest absolute Gasteiger partial charge is 0.291 e. The van der Waals surface area contributed by atoms with E-state index in [9.17, 15) is 9.59 Å². The van der Waals surface area contributed by atoms with Gasteiger partial charge in [0.2, 0.25) is 5.91 Å². The molecule has 2 amide bonds. The Bertz CT molecular complexity index is 1470. The van der Waals surface area contributed by atoms with E-state index in [-0.39, 0.29) is 17.6 Å². The largest absolute Gasteiger partial charge is 0.459 e. The number of furan rings is 1.